The minimum atomic E-state index is -0.305. The van der Waals surface area contributed by atoms with Crippen LogP contribution >= 0.6 is 11.6 Å². The van der Waals surface area contributed by atoms with E-state index in [0.717, 1.165) is 12.0 Å². The van der Waals surface area contributed by atoms with E-state index in [-0.39, 0.29) is 11.3 Å². The van der Waals surface area contributed by atoms with Gasteiger partial charge in [-0.15, -0.1) is 0 Å². The third-order valence-electron chi connectivity index (χ3n) is 5.44. The third-order valence-corrected chi connectivity index (χ3v) is 5.67. The number of ether oxygens (including phenoxy) is 1. The fraction of sp³-hybridized carbons (Fsp3) is 0.333. The average molecular weight is 411 g/mol. The number of Topliss-reactive ketones (excluding diaryl/α,β-unsaturated/α-hetero) is 1. The predicted octanol–water partition coefficient (Wildman–Crippen LogP) is 2.99. The van der Waals surface area contributed by atoms with E-state index in [9.17, 15) is 9.59 Å². The van der Waals surface area contributed by atoms with Crippen LogP contribution in [0.25, 0.3) is 22.2 Å². The van der Waals surface area contributed by atoms with Crippen LogP contribution in [-0.2, 0) is 11.2 Å². The summed E-state index contributed by atoms with van der Waals surface area (Å²) in [5.41, 5.74) is 2.59. The highest BCUT2D eigenvalue weighted by molar-refractivity contribution is 6.31. The zero-order chi connectivity index (χ0) is 20.0. The quantitative estimate of drug-likeness (QED) is 0.698. The minimum Gasteiger partial charge on any atom is -0.378 e. The van der Waals surface area contributed by atoms with E-state index in [0.29, 0.717) is 78.0 Å². The van der Waals surface area contributed by atoms with Crippen molar-refractivity contribution in [1.82, 2.24) is 15.0 Å². The van der Waals surface area contributed by atoms with Gasteiger partial charge in [0.25, 0.3) is 5.56 Å². The number of aromatic amines is 1. The Hall–Kier alpha value is -2.77. The molecule has 0 radical (unpaired) electrons. The first-order valence-corrected chi connectivity index (χ1v) is 10.1. The van der Waals surface area contributed by atoms with Crippen LogP contribution in [0.4, 0.5) is 5.95 Å². The van der Waals surface area contributed by atoms with E-state index in [4.69, 9.17) is 16.3 Å². The largest absolute Gasteiger partial charge is 0.378 e. The number of fused-ring (bicyclic) bond motifs is 2. The van der Waals surface area contributed by atoms with Crippen LogP contribution < -0.4 is 10.5 Å². The molecule has 3 aromatic rings. The third kappa shape index (κ3) is 3.20. The molecule has 0 bridgehead atoms. The lowest BCUT2D eigenvalue weighted by Gasteiger charge is -2.27. The lowest BCUT2D eigenvalue weighted by molar-refractivity contribution is 0.0972. The molecule has 0 amide bonds. The second-order valence-corrected chi connectivity index (χ2v) is 7.72. The smallest absolute Gasteiger partial charge is 0.262 e. The molecule has 1 N–H and O–H groups in total. The maximum absolute atomic E-state index is 13.2. The van der Waals surface area contributed by atoms with Crippen LogP contribution in [0.5, 0.6) is 0 Å². The SMILES string of the molecule is O=C1CCCc2nc3nc(N4CCOCC4)[nH]c(=O)c3c(-c3cccc(Cl)c3)c21. The van der Waals surface area contributed by atoms with E-state index < -0.39 is 0 Å². The first-order chi connectivity index (χ1) is 14.1. The molecule has 0 unspecified atom stereocenters. The van der Waals surface area contributed by atoms with Gasteiger partial charge in [0.05, 0.1) is 24.3 Å². The van der Waals surface area contributed by atoms with Crippen LogP contribution in [0.15, 0.2) is 29.1 Å². The highest BCUT2D eigenvalue weighted by Gasteiger charge is 2.28. The lowest BCUT2D eigenvalue weighted by Crippen LogP contribution is -2.38. The van der Waals surface area contributed by atoms with Gasteiger partial charge in [-0.3, -0.25) is 14.6 Å². The van der Waals surface area contributed by atoms with Crippen molar-refractivity contribution in [2.24, 2.45) is 0 Å². The Morgan fingerprint density at radius 3 is 2.69 bits per heavy atom. The molecule has 5 rings (SSSR count). The maximum atomic E-state index is 13.2. The van der Waals surface area contributed by atoms with Gasteiger partial charge in [-0.25, -0.2) is 4.98 Å². The number of benzene rings is 1. The summed E-state index contributed by atoms with van der Waals surface area (Å²) < 4.78 is 5.39. The van der Waals surface area contributed by atoms with Gasteiger partial charge in [-0.2, -0.15) is 4.98 Å². The molecule has 1 aliphatic carbocycles. The number of hydrogen-bond donors (Lipinski definition) is 1. The van der Waals surface area contributed by atoms with Gasteiger partial charge in [0.2, 0.25) is 5.95 Å². The highest BCUT2D eigenvalue weighted by atomic mass is 35.5. The topological polar surface area (TPSA) is 88.2 Å². The van der Waals surface area contributed by atoms with Crippen molar-refractivity contribution in [1.29, 1.82) is 0 Å². The zero-order valence-corrected chi connectivity index (χ0v) is 16.5. The van der Waals surface area contributed by atoms with Crippen LogP contribution in [0.1, 0.15) is 28.9 Å². The van der Waals surface area contributed by atoms with Crippen molar-refractivity contribution < 1.29 is 9.53 Å². The van der Waals surface area contributed by atoms with Crippen LogP contribution in [0.2, 0.25) is 5.02 Å². The number of morpholine rings is 1. The highest BCUT2D eigenvalue weighted by Crippen LogP contribution is 2.36. The normalized spacial score (nSPS) is 16.9. The van der Waals surface area contributed by atoms with E-state index in [1.807, 2.05) is 17.0 Å². The number of nitrogens with zero attached hydrogens (tertiary/aromatic N) is 3. The molecule has 2 aromatic heterocycles. The van der Waals surface area contributed by atoms with Crippen molar-refractivity contribution in [2.45, 2.75) is 19.3 Å². The van der Waals surface area contributed by atoms with Gasteiger partial charge in [0.1, 0.15) is 0 Å². The average Bonchev–Trinajstić information content (AvgIpc) is 2.73. The first kappa shape index (κ1) is 18.3. The molecular formula is C21H19ClN4O3. The number of rotatable bonds is 2. The van der Waals surface area contributed by atoms with Crippen molar-refractivity contribution in [2.75, 3.05) is 31.2 Å². The maximum Gasteiger partial charge on any atom is 0.262 e. The second kappa shape index (κ2) is 7.24. The number of halogens is 1. The van der Waals surface area contributed by atoms with E-state index in [2.05, 4.69) is 15.0 Å². The summed E-state index contributed by atoms with van der Waals surface area (Å²) in [6, 6.07) is 7.21. The van der Waals surface area contributed by atoms with Crippen LogP contribution in [0, 0.1) is 0 Å². The van der Waals surface area contributed by atoms with E-state index in [1.165, 1.54) is 0 Å². The Balaban J connectivity index is 1.81. The minimum absolute atomic E-state index is 0.00674. The fourth-order valence-corrected chi connectivity index (χ4v) is 4.28. The van der Waals surface area contributed by atoms with Crippen molar-refractivity contribution >= 4 is 34.4 Å². The van der Waals surface area contributed by atoms with Gasteiger partial charge in [0, 0.05) is 35.7 Å². The lowest BCUT2D eigenvalue weighted by atomic mass is 9.87. The molecule has 1 saturated heterocycles. The number of ketones is 1. The predicted molar refractivity (Wildman–Crippen MR) is 111 cm³/mol. The first-order valence-electron chi connectivity index (χ1n) is 9.70. The molecule has 1 fully saturated rings. The Labute approximate surface area is 171 Å². The molecule has 0 atom stereocenters. The summed E-state index contributed by atoms with van der Waals surface area (Å²) in [7, 11) is 0. The summed E-state index contributed by atoms with van der Waals surface area (Å²) in [6.45, 7) is 2.47. The van der Waals surface area contributed by atoms with Crippen LogP contribution in [0.3, 0.4) is 0 Å². The monoisotopic (exact) mass is 410 g/mol. The molecular weight excluding hydrogens is 392 g/mol. The van der Waals surface area contributed by atoms with Gasteiger partial charge in [-0.1, -0.05) is 23.7 Å². The van der Waals surface area contributed by atoms with Gasteiger partial charge >= 0.3 is 0 Å². The summed E-state index contributed by atoms with van der Waals surface area (Å²) in [5, 5.41) is 0.872. The number of aromatic nitrogens is 3. The zero-order valence-electron chi connectivity index (χ0n) is 15.7. The molecule has 8 heteroatoms. The fourth-order valence-electron chi connectivity index (χ4n) is 4.09. The van der Waals surface area contributed by atoms with Crippen molar-refractivity contribution in [3.8, 4) is 11.1 Å². The summed E-state index contributed by atoms with van der Waals surface area (Å²) >= 11 is 6.21. The summed E-state index contributed by atoms with van der Waals surface area (Å²) in [4.78, 5) is 40.2. The van der Waals surface area contributed by atoms with Crippen molar-refractivity contribution in [3.63, 3.8) is 0 Å². The molecule has 1 aromatic carbocycles. The Morgan fingerprint density at radius 1 is 1.07 bits per heavy atom. The molecule has 3 heterocycles. The van der Waals surface area contributed by atoms with E-state index in [1.54, 1.807) is 12.1 Å². The number of H-pyrrole nitrogens is 1. The standard InChI is InChI=1S/C21H19ClN4O3/c22-13-4-1-3-12(11-13)16-17-14(5-2-6-15(17)27)23-19-18(16)20(28)25-21(24-19)26-7-9-29-10-8-26/h1,3-4,11H,2,5-10H2,(H,23,24,25,28). The summed E-state index contributed by atoms with van der Waals surface area (Å²) in [6.07, 6.45) is 1.88. The number of aryl methyl sites for hydroxylation is 1. The molecule has 0 saturated carbocycles. The van der Waals surface area contributed by atoms with Gasteiger partial charge < -0.3 is 9.64 Å². The Kier molecular flexibility index (Phi) is 4.56. The molecule has 7 nitrogen and oxygen atoms in total. The number of nitrogens with one attached hydrogen (secondary N) is 1. The molecule has 29 heavy (non-hydrogen) atoms. The van der Waals surface area contributed by atoms with Crippen molar-refractivity contribution in [3.05, 3.63) is 50.9 Å². The number of carbonyl (C=O) groups is 1. The Morgan fingerprint density at radius 2 is 1.90 bits per heavy atom. The second-order valence-electron chi connectivity index (χ2n) is 7.28. The number of pyridine rings is 1. The van der Waals surface area contributed by atoms with Gasteiger partial charge in [0.15, 0.2) is 11.4 Å². The van der Waals surface area contributed by atoms with Crippen LogP contribution in [-0.4, -0.2) is 47.0 Å². The Bertz CT molecular complexity index is 1180. The number of carbonyl (C=O) groups excluding carboxylic acids is 1. The number of anilines is 1. The number of hydrogen-bond acceptors (Lipinski definition) is 6. The summed E-state index contributed by atoms with van der Waals surface area (Å²) in [5.74, 6) is 0.490. The molecule has 2 aliphatic rings. The molecule has 0 spiro atoms. The van der Waals surface area contributed by atoms with E-state index >= 15 is 0 Å². The van der Waals surface area contributed by atoms with Gasteiger partial charge in [-0.05, 0) is 30.5 Å². The molecule has 1 aliphatic heterocycles. The molecule has 148 valence electrons.